The van der Waals surface area contributed by atoms with Crippen LogP contribution in [0.1, 0.15) is 25.7 Å². The molecule has 0 saturated carbocycles. The van der Waals surface area contributed by atoms with E-state index in [4.69, 9.17) is 0 Å². The first kappa shape index (κ1) is 10.4. The maximum absolute atomic E-state index is 4.43. The zero-order valence-corrected chi connectivity index (χ0v) is 9.68. The highest BCUT2D eigenvalue weighted by Gasteiger charge is 2.24. The van der Waals surface area contributed by atoms with Crippen LogP contribution in [0.2, 0.25) is 0 Å². The van der Waals surface area contributed by atoms with Crippen molar-refractivity contribution in [1.29, 1.82) is 0 Å². The summed E-state index contributed by atoms with van der Waals surface area (Å²) >= 11 is 4.43. The van der Waals surface area contributed by atoms with E-state index in [9.17, 15) is 0 Å². The molecule has 0 spiro atoms. The Hall–Kier alpha value is -0.150. The van der Waals surface area contributed by atoms with Gasteiger partial charge in [-0.25, -0.2) is 0 Å². The Kier molecular flexibility index (Phi) is 3.39. The first-order valence-corrected chi connectivity index (χ1v) is 6.05. The fraction of sp³-hybridized carbons (Fsp3) is 0.818. The van der Waals surface area contributed by atoms with Crippen molar-refractivity contribution in [2.45, 2.75) is 25.7 Å². The molecule has 0 aromatic rings. The van der Waals surface area contributed by atoms with E-state index < -0.39 is 0 Å². The van der Waals surface area contributed by atoms with Crippen molar-refractivity contribution < 1.29 is 0 Å². The molecule has 0 N–H and O–H groups in total. The molecule has 2 nitrogen and oxygen atoms in total. The van der Waals surface area contributed by atoms with E-state index in [0.717, 1.165) is 13.1 Å². The molecule has 2 saturated heterocycles. The second kappa shape index (κ2) is 4.58. The van der Waals surface area contributed by atoms with Crippen LogP contribution in [0.4, 0.5) is 0 Å². The molecule has 14 heavy (non-hydrogen) atoms. The van der Waals surface area contributed by atoms with Crippen LogP contribution in [-0.4, -0.2) is 35.4 Å². The van der Waals surface area contributed by atoms with Gasteiger partial charge in [0.1, 0.15) is 0 Å². The Morgan fingerprint density at radius 2 is 1.86 bits per heavy atom. The molecule has 1 unspecified atom stereocenters. The monoisotopic (exact) mass is 212 g/mol. The van der Waals surface area contributed by atoms with Crippen LogP contribution in [-0.2, 0) is 0 Å². The molecule has 2 heterocycles. The Morgan fingerprint density at radius 1 is 1.14 bits per heavy atom. The second-order valence-corrected chi connectivity index (χ2v) is 5.00. The van der Waals surface area contributed by atoms with E-state index in [-0.39, 0.29) is 0 Å². The molecule has 0 amide bonds. The molecule has 0 bridgehead atoms. The number of likely N-dealkylation sites (tertiary alicyclic amines) is 1. The van der Waals surface area contributed by atoms with Crippen molar-refractivity contribution in [2.24, 2.45) is 5.92 Å². The summed E-state index contributed by atoms with van der Waals surface area (Å²) in [6.45, 7) is 8.92. The summed E-state index contributed by atoms with van der Waals surface area (Å²) in [5.74, 6) is 0.652. The van der Waals surface area contributed by atoms with Crippen LogP contribution >= 0.6 is 12.8 Å². The lowest BCUT2D eigenvalue weighted by molar-refractivity contribution is 0.265. The minimum atomic E-state index is 0.652. The molecule has 0 aromatic carbocycles. The van der Waals surface area contributed by atoms with Crippen molar-refractivity contribution in [3.05, 3.63) is 12.3 Å². The van der Waals surface area contributed by atoms with Crippen LogP contribution < -0.4 is 0 Å². The predicted molar refractivity (Wildman–Crippen MR) is 63.2 cm³/mol. The highest BCUT2D eigenvalue weighted by atomic mass is 32.1. The molecule has 2 fully saturated rings. The normalized spacial score (nSPS) is 29.5. The van der Waals surface area contributed by atoms with Crippen molar-refractivity contribution in [2.75, 3.05) is 26.2 Å². The van der Waals surface area contributed by atoms with Crippen molar-refractivity contribution >= 4 is 12.8 Å². The van der Waals surface area contributed by atoms with Crippen LogP contribution in [0.15, 0.2) is 12.3 Å². The number of hydrogen-bond donors (Lipinski definition) is 1. The number of thiol groups is 1. The van der Waals surface area contributed by atoms with Gasteiger partial charge in [0.2, 0.25) is 0 Å². The molecule has 3 heteroatoms. The molecular formula is C11H20N2S. The zero-order chi connectivity index (χ0) is 9.97. The van der Waals surface area contributed by atoms with E-state index in [1.54, 1.807) is 0 Å². The third-order valence-corrected chi connectivity index (χ3v) is 3.75. The zero-order valence-electron chi connectivity index (χ0n) is 8.78. The van der Waals surface area contributed by atoms with E-state index in [0.29, 0.717) is 5.92 Å². The lowest BCUT2D eigenvalue weighted by atomic mass is 9.96. The van der Waals surface area contributed by atoms with Crippen LogP contribution in [0.3, 0.4) is 0 Å². The van der Waals surface area contributed by atoms with Gasteiger partial charge in [0.05, 0.1) is 0 Å². The molecule has 2 aliphatic heterocycles. The summed E-state index contributed by atoms with van der Waals surface area (Å²) < 4.78 is 2.13. The SMILES string of the molecule is C=C(C1CCCN(S)C1)N1CCCC1. The molecule has 2 aliphatic rings. The predicted octanol–water partition coefficient (Wildman–Crippen LogP) is 2.15. The fourth-order valence-corrected chi connectivity index (χ4v) is 2.83. The highest BCUT2D eigenvalue weighted by molar-refractivity contribution is 7.77. The van der Waals surface area contributed by atoms with E-state index in [1.807, 2.05) is 0 Å². The summed E-state index contributed by atoms with van der Waals surface area (Å²) in [6, 6.07) is 0. The van der Waals surface area contributed by atoms with Gasteiger partial charge in [-0.05, 0) is 25.7 Å². The minimum absolute atomic E-state index is 0.652. The molecule has 0 aromatic heterocycles. The van der Waals surface area contributed by atoms with E-state index in [1.165, 1.54) is 44.5 Å². The van der Waals surface area contributed by atoms with Crippen LogP contribution in [0.5, 0.6) is 0 Å². The summed E-state index contributed by atoms with van der Waals surface area (Å²) in [5.41, 5.74) is 1.36. The van der Waals surface area contributed by atoms with Crippen molar-refractivity contribution in [1.82, 2.24) is 9.21 Å². The molecule has 2 rings (SSSR count). The smallest absolute Gasteiger partial charge is 0.0175 e. The molecule has 80 valence electrons. The summed E-state index contributed by atoms with van der Waals surface area (Å²) in [7, 11) is 0. The van der Waals surface area contributed by atoms with Crippen LogP contribution in [0.25, 0.3) is 0 Å². The van der Waals surface area contributed by atoms with Gasteiger partial charge in [-0.3, -0.25) is 4.31 Å². The van der Waals surface area contributed by atoms with Gasteiger partial charge in [-0.15, -0.1) is 0 Å². The Morgan fingerprint density at radius 3 is 2.50 bits per heavy atom. The molecular weight excluding hydrogens is 192 g/mol. The average Bonchev–Trinajstić information content (AvgIpc) is 2.69. The quantitative estimate of drug-likeness (QED) is 0.701. The minimum Gasteiger partial charge on any atom is -0.375 e. The Bertz CT molecular complexity index is 211. The fourth-order valence-electron chi connectivity index (χ4n) is 2.49. The summed E-state index contributed by atoms with van der Waals surface area (Å²) in [5, 5.41) is 0. The summed E-state index contributed by atoms with van der Waals surface area (Å²) in [6.07, 6.45) is 5.25. The van der Waals surface area contributed by atoms with Crippen molar-refractivity contribution in [3.8, 4) is 0 Å². The van der Waals surface area contributed by atoms with Gasteiger partial charge in [0.25, 0.3) is 0 Å². The molecule has 0 aliphatic carbocycles. The molecule has 0 radical (unpaired) electrons. The van der Waals surface area contributed by atoms with Gasteiger partial charge >= 0.3 is 0 Å². The average molecular weight is 212 g/mol. The second-order valence-electron chi connectivity index (χ2n) is 4.44. The van der Waals surface area contributed by atoms with E-state index in [2.05, 4.69) is 28.6 Å². The third-order valence-electron chi connectivity index (χ3n) is 3.38. The van der Waals surface area contributed by atoms with Crippen molar-refractivity contribution in [3.63, 3.8) is 0 Å². The largest absolute Gasteiger partial charge is 0.375 e. The maximum Gasteiger partial charge on any atom is 0.0175 e. The standard InChI is InChI=1S/C11H20N2S/c1-10(12-6-2-3-7-12)11-5-4-8-13(14)9-11/h11,14H,1-9H2. The Balaban J connectivity index is 1.89. The van der Waals surface area contributed by atoms with Crippen LogP contribution in [0, 0.1) is 5.92 Å². The number of piperidine rings is 1. The first-order valence-electron chi connectivity index (χ1n) is 5.65. The number of hydrogen-bond acceptors (Lipinski definition) is 3. The highest BCUT2D eigenvalue weighted by Crippen LogP contribution is 2.27. The summed E-state index contributed by atoms with van der Waals surface area (Å²) in [4.78, 5) is 2.47. The number of nitrogens with zero attached hydrogens (tertiary/aromatic N) is 2. The van der Waals surface area contributed by atoms with Gasteiger partial charge in [-0.1, -0.05) is 19.4 Å². The lowest BCUT2D eigenvalue weighted by Crippen LogP contribution is -2.34. The van der Waals surface area contributed by atoms with E-state index >= 15 is 0 Å². The lowest BCUT2D eigenvalue weighted by Gasteiger charge is -2.34. The maximum atomic E-state index is 4.43. The van der Waals surface area contributed by atoms with Gasteiger partial charge < -0.3 is 4.90 Å². The van der Waals surface area contributed by atoms with Gasteiger partial charge in [0.15, 0.2) is 0 Å². The third kappa shape index (κ3) is 2.26. The topological polar surface area (TPSA) is 6.48 Å². The Labute approximate surface area is 92.5 Å². The van der Waals surface area contributed by atoms with Gasteiger partial charge in [0, 0.05) is 37.8 Å². The van der Waals surface area contributed by atoms with Gasteiger partial charge in [-0.2, -0.15) is 0 Å². The number of rotatable bonds is 2. The molecule has 1 atom stereocenters. The first-order chi connectivity index (χ1) is 6.77.